The number of nitrogens with two attached hydrogens (primary N) is 1. The van der Waals surface area contributed by atoms with Gasteiger partial charge in [0.25, 0.3) is 5.88 Å². The van der Waals surface area contributed by atoms with E-state index in [4.69, 9.17) is 24.7 Å². The van der Waals surface area contributed by atoms with Crippen LogP contribution in [0.1, 0.15) is 5.56 Å². The Morgan fingerprint density at radius 1 is 1.08 bits per heavy atom. The minimum Gasteiger partial charge on any atom is -0.496 e. The van der Waals surface area contributed by atoms with Gasteiger partial charge in [0.15, 0.2) is 0 Å². The number of anilines is 1. The van der Waals surface area contributed by atoms with Gasteiger partial charge in [-0.2, -0.15) is 0 Å². The average molecular weight is 349 g/mol. The van der Waals surface area contributed by atoms with Crippen molar-refractivity contribution in [2.24, 2.45) is 0 Å². The molecule has 0 bridgehead atoms. The van der Waals surface area contributed by atoms with Crippen molar-refractivity contribution in [3.05, 3.63) is 23.1 Å². The lowest BCUT2D eigenvalue weighted by Gasteiger charge is -2.14. The normalized spacial score (nSPS) is 11.0. The number of aromatic nitrogens is 2. The van der Waals surface area contributed by atoms with Gasteiger partial charge in [0.05, 0.1) is 39.2 Å². The zero-order valence-electron chi connectivity index (χ0n) is 14.0. The molecule has 1 aromatic carbocycles. The molecule has 0 fully saturated rings. The molecule has 0 aliphatic rings. The van der Waals surface area contributed by atoms with Crippen molar-refractivity contribution in [2.45, 2.75) is 6.61 Å². The highest BCUT2D eigenvalue weighted by Crippen LogP contribution is 2.43. The number of ether oxygens (including phenoxy) is 4. The quantitative estimate of drug-likeness (QED) is 0.737. The number of hydrogen-bond acceptors (Lipinski definition) is 7. The van der Waals surface area contributed by atoms with Crippen molar-refractivity contribution in [3.8, 4) is 28.6 Å². The zero-order chi connectivity index (χ0) is 17.3. The van der Waals surface area contributed by atoms with E-state index in [-0.39, 0.29) is 0 Å². The molecule has 2 aromatic heterocycles. The number of fused-ring (bicyclic) bond motifs is 1. The molecule has 0 amide bonds. The SMILES string of the molecule is COCc1cc(OC)c(-c2csc3c(N)c(OC)nn23)c(OC)c1. The van der Waals surface area contributed by atoms with E-state index in [1.165, 1.54) is 11.3 Å². The van der Waals surface area contributed by atoms with Crippen LogP contribution in [0.25, 0.3) is 16.1 Å². The smallest absolute Gasteiger partial charge is 0.258 e. The Hall–Kier alpha value is -2.45. The van der Waals surface area contributed by atoms with Crippen LogP contribution >= 0.6 is 11.3 Å². The van der Waals surface area contributed by atoms with E-state index in [0.29, 0.717) is 29.7 Å². The fraction of sp³-hybridized carbons (Fsp3) is 0.312. The molecular formula is C16H19N3O4S. The van der Waals surface area contributed by atoms with E-state index in [9.17, 15) is 0 Å². The first kappa shape index (κ1) is 16.4. The van der Waals surface area contributed by atoms with Crippen LogP contribution < -0.4 is 19.9 Å². The predicted molar refractivity (Wildman–Crippen MR) is 93.3 cm³/mol. The molecule has 2 heterocycles. The fourth-order valence-electron chi connectivity index (χ4n) is 2.62. The lowest BCUT2D eigenvalue weighted by atomic mass is 10.1. The summed E-state index contributed by atoms with van der Waals surface area (Å²) in [6.07, 6.45) is 0. The highest BCUT2D eigenvalue weighted by atomic mass is 32.1. The molecule has 2 N–H and O–H groups in total. The molecule has 8 heteroatoms. The number of rotatable bonds is 6. The summed E-state index contributed by atoms with van der Waals surface area (Å²) in [6, 6.07) is 3.85. The van der Waals surface area contributed by atoms with Crippen LogP contribution in [0, 0.1) is 0 Å². The Bertz CT molecular complexity index is 847. The van der Waals surface area contributed by atoms with E-state index in [1.807, 2.05) is 17.5 Å². The fourth-order valence-corrected chi connectivity index (χ4v) is 3.51. The van der Waals surface area contributed by atoms with Crippen molar-refractivity contribution in [1.29, 1.82) is 0 Å². The Balaban J connectivity index is 2.25. The first-order valence-corrected chi connectivity index (χ1v) is 8.06. The van der Waals surface area contributed by atoms with Gasteiger partial charge < -0.3 is 24.7 Å². The standard InChI is InChI=1S/C16H19N3O4S/c1-20-7-9-5-11(21-2)13(12(6-9)22-3)10-8-24-16-14(17)15(23-4)18-19(10)16/h5-6,8H,7,17H2,1-4H3. The molecule has 0 unspecified atom stereocenters. The lowest BCUT2D eigenvalue weighted by molar-refractivity contribution is 0.184. The Labute approximate surface area is 143 Å². The van der Waals surface area contributed by atoms with Crippen LogP contribution in [0.4, 0.5) is 5.69 Å². The Morgan fingerprint density at radius 3 is 2.29 bits per heavy atom. The summed E-state index contributed by atoms with van der Waals surface area (Å²) in [7, 11) is 6.43. The van der Waals surface area contributed by atoms with Gasteiger partial charge in [-0.3, -0.25) is 0 Å². The van der Waals surface area contributed by atoms with Crippen LogP contribution in [0.15, 0.2) is 17.5 Å². The number of nitrogen functional groups attached to an aromatic ring is 1. The number of hydrogen-bond donors (Lipinski definition) is 1. The van der Waals surface area contributed by atoms with Gasteiger partial charge in [0.1, 0.15) is 22.0 Å². The second kappa shape index (κ2) is 6.58. The third-order valence-electron chi connectivity index (χ3n) is 3.68. The maximum Gasteiger partial charge on any atom is 0.258 e. The molecule has 0 saturated carbocycles. The van der Waals surface area contributed by atoms with Crippen LogP contribution in [0.5, 0.6) is 17.4 Å². The summed E-state index contributed by atoms with van der Waals surface area (Å²) in [6.45, 7) is 0.467. The van der Waals surface area contributed by atoms with Crippen LogP contribution in [0.2, 0.25) is 0 Å². The number of benzene rings is 1. The minimum absolute atomic E-state index is 0.400. The first-order chi connectivity index (χ1) is 11.6. The van der Waals surface area contributed by atoms with Crippen LogP contribution in [-0.4, -0.2) is 38.1 Å². The molecule has 0 aliphatic heterocycles. The van der Waals surface area contributed by atoms with Crippen molar-refractivity contribution in [1.82, 2.24) is 9.61 Å². The van der Waals surface area contributed by atoms with Gasteiger partial charge in [-0.15, -0.1) is 16.4 Å². The van der Waals surface area contributed by atoms with Crippen molar-refractivity contribution >= 4 is 21.9 Å². The maximum absolute atomic E-state index is 6.07. The molecule has 0 atom stereocenters. The largest absolute Gasteiger partial charge is 0.496 e. The monoisotopic (exact) mass is 349 g/mol. The molecular weight excluding hydrogens is 330 g/mol. The number of thiazole rings is 1. The average Bonchev–Trinajstić information content (AvgIpc) is 3.14. The van der Waals surface area contributed by atoms with Crippen molar-refractivity contribution in [2.75, 3.05) is 34.2 Å². The first-order valence-electron chi connectivity index (χ1n) is 7.18. The second-order valence-electron chi connectivity index (χ2n) is 5.07. The molecule has 7 nitrogen and oxygen atoms in total. The van der Waals surface area contributed by atoms with Crippen molar-refractivity contribution < 1.29 is 18.9 Å². The third-order valence-corrected chi connectivity index (χ3v) is 4.64. The number of methoxy groups -OCH3 is 4. The highest BCUT2D eigenvalue weighted by Gasteiger charge is 2.22. The summed E-state index contributed by atoms with van der Waals surface area (Å²) in [5.41, 5.74) is 9.17. The summed E-state index contributed by atoms with van der Waals surface area (Å²) in [5, 5.41) is 6.39. The second-order valence-corrected chi connectivity index (χ2v) is 5.93. The Morgan fingerprint density at radius 2 is 1.75 bits per heavy atom. The van der Waals surface area contributed by atoms with Crippen LogP contribution in [-0.2, 0) is 11.3 Å². The van der Waals surface area contributed by atoms with E-state index in [0.717, 1.165) is 21.7 Å². The van der Waals surface area contributed by atoms with Crippen molar-refractivity contribution in [3.63, 3.8) is 0 Å². The molecule has 3 aromatic rings. The van der Waals surface area contributed by atoms with Crippen LogP contribution in [0.3, 0.4) is 0 Å². The number of nitrogens with zero attached hydrogens (tertiary/aromatic N) is 2. The van der Waals surface area contributed by atoms with Gasteiger partial charge in [0, 0.05) is 12.5 Å². The molecule has 3 rings (SSSR count). The third kappa shape index (κ3) is 2.53. The molecule has 128 valence electrons. The van der Waals surface area contributed by atoms with Gasteiger partial charge in [-0.1, -0.05) is 0 Å². The van der Waals surface area contributed by atoms with Gasteiger partial charge in [0.2, 0.25) is 0 Å². The lowest BCUT2D eigenvalue weighted by Crippen LogP contribution is -1.99. The molecule has 0 aliphatic carbocycles. The van der Waals surface area contributed by atoms with E-state index >= 15 is 0 Å². The van der Waals surface area contributed by atoms with E-state index in [2.05, 4.69) is 5.10 Å². The summed E-state index contributed by atoms with van der Waals surface area (Å²) >= 11 is 1.48. The predicted octanol–water partition coefficient (Wildman–Crippen LogP) is 2.82. The van der Waals surface area contributed by atoms with E-state index in [1.54, 1.807) is 33.0 Å². The van der Waals surface area contributed by atoms with E-state index < -0.39 is 0 Å². The molecule has 24 heavy (non-hydrogen) atoms. The molecule has 0 radical (unpaired) electrons. The zero-order valence-corrected chi connectivity index (χ0v) is 14.8. The minimum atomic E-state index is 0.400. The highest BCUT2D eigenvalue weighted by molar-refractivity contribution is 7.16. The molecule has 0 spiro atoms. The topological polar surface area (TPSA) is 80.2 Å². The maximum atomic E-state index is 6.07. The van der Waals surface area contributed by atoms with Gasteiger partial charge >= 0.3 is 0 Å². The van der Waals surface area contributed by atoms with Gasteiger partial charge in [-0.25, -0.2) is 4.52 Å². The molecule has 0 saturated heterocycles. The Kier molecular flexibility index (Phi) is 4.50. The summed E-state index contributed by atoms with van der Waals surface area (Å²) in [4.78, 5) is 0.812. The van der Waals surface area contributed by atoms with Gasteiger partial charge in [-0.05, 0) is 17.7 Å². The summed E-state index contributed by atoms with van der Waals surface area (Å²) in [5.74, 6) is 1.75. The summed E-state index contributed by atoms with van der Waals surface area (Å²) < 4.78 is 23.3.